The summed E-state index contributed by atoms with van der Waals surface area (Å²) < 4.78 is 0. The molecule has 0 aliphatic rings. The topological polar surface area (TPSA) is 41.1 Å². The Kier molecular flexibility index (Phi) is 5.99. The van der Waals surface area contributed by atoms with Gasteiger partial charge in [0.2, 0.25) is 5.91 Å². The Balaban J connectivity index is 1.94. The van der Waals surface area contributed by atoms with Crippen LogP contribution in [0.1, 0.15) is 37.4 Å². The zero-order valence-corrected chi connectivity index (χ0v) is 13.7. The second-order valence-electron chi connectivity index (χ2n) is 5.22. The summed E-state index contributed by atoms with van der Waals surface area (Å²) in [6, 6.07) is 15.9. The number of carbonyl (C=O) groups is 1. The monoisotopic (exact) mass is 316 g/mol. The van der Waals surface area contributed by atoms with Gasteiger partial charge in [-0.15, -0.1) is 0 Å². The second-order valence-corrected chi connectivity index (χ2v) is 5.62. The molecule has 0 saturated carbocycles. The second kappa shape index (κ2) is 7.97. The van der Waals surface area contributed by atoms with E-state index in [-0.39, 0.29) is 11.9 Å². The van der Waals surface area contributed by atoms with Crippen LogP contribution in [0.3, 0.4) is 0 Å². The number of anilines is 1. The van der Waals surface area contributed by atoms with Crippen molar-refractivity contribution in [1.82, 2.24) is 5.32 Å². The molecule has 4 heteroatoms. The van der Waals surface area contributed by atoms with Crippen molar-refractivity contribution in [3.05, 3.63) is 64.7 Å². The molecule has 0 aliphatic carbocycles. The lowest BCUT2D eigenvalue weighted by Gasteiger charge is -2.15. The van der Waals surface area contributed by atoms with E-state index in [1.165, 1.54) is 5.56 Å². The Morgan fingerprint density at radius 1 is 1.14 bits per heavy atom. The van der Waals surface area contributed by atoms with Crippen molar-refractivity contribution >= 4 is 23.2 Å². The Bertz CT molecular complexity index is 625. The largest absolute Gasteiger partial charge is 0.326 e. The van der Waals surface area contributed by atoms with E-state index in [0.717, 1.165) is 22.8 Å². The summed E-state index contributed by atoms with van der Waals surface area (Å²) in [5.41, 5.74) is 3.08. The first-order valence-corrected chi connectivity index (χ1v) is 7.84. The molecule has 116 valence electrons. The Morgan fingerprint density at radius 2 is 1.82 bits per heavy atom. The number of nitrogens with one attached hydrogen (secondary N) is 2. The van der Waals surface area contributed by atoms with Crippen molar-refractivity contribution in [2.45, 2.75) is 32.9 Å². The number of hydrogen-bond donors (Lipinski definition) is 2. The predicted octanol–water partition coefficient (Wildman–Crippen LogP) is 4.54. The van der Waals surface area contributed by atoms with Gasteiger partial charge in [0, 0.05) is 29.7 Å². The summed E-state index contributed by atoms with van der Waals surface area (Å²) in [6.07, 6.45) is 0.484. The molecule has 0 heterocycles. The summed E-state index contributed by atoms with van der Waals surface area (Å²) in [4.78, 5) is 11.4. The van der Waals surface area contributed by atoms with Gasteiger partial charge in [-0.25, -0.2) is 0 Å². The van der Waals surface area contributed by atoms with Gasteiger partial charge in [0.05, 0.1) is 0 Å². The summed E-state index contributed by atoms with van der Waals surface area (Å²) >= 11 is 6.16. The Labute approximate surface area is 136 Å². The van der Waals surface area contributed by atoms with E-state index in [2.05, 4.69) is 17.6 Å². The van der Waals surface area contributed by atoms with Crippen molar-refractivity contribution in [3.63, 3.8) is 0 Å². The fourth-order valence-corrected chi connectivity index (χ4v) is 2.33. The average Bonchev–Trinajstić information content (AvgIpc) is 2.54. The number of benzene rings is 2. The van der Waals surface area contributed by atoms with Gasteiger partial charge in [0.25, 0.3) is 0 Å². The molecule has 2 rings (SSSR count). The number of rotatable bonds is 6. The first kappa shape index (κ1) is 16.5. The van der Waals surface area contributed by atoms with Gasteiger partial charge in [-0.2, -0.15) is 0 Å². The highest BCUT2D eigenvalue weighted by molar-refractivity contribution is 6.31. The van der Waals surface area contributed by atoms with Crippen LogP contribution in [0.4, 0.5) is 5.69 Å². The quantitative estimate of drug-likeness (QED) is 0.821. The third kappa shape index (κ3) is 4.58. The minimum Gasteiger partial charge on any atom is -0.326 e. The molecule has 2 aromatic rings. The average molecular weight is 317 g/mol. The first-order valence-electron chi connectivity index (χ1n) is 7.46. The fraction of sp³-hybridized carbons (Fsp3) is 0.278. The van der Waals surface area contributed by atoms with Gasteiger partial charge >= 0.3 is 0 Å². The van der Waals surface area contributed by atoms with Crippen molar-refractivity contribution in [2.24, 2.45) is 0 Å². The highest BCUT2D eigenvalue weighted by atomic mass is 35.5. The summed E-state index contributed by atoms with van der Waals surface area (Å²) in [5.74, 6) is 0.0256. The molecule has 3 nitrogen and oxygen atoms in total. The van der Waals surface area contributed by atoms with E-state index < -0.39 is 0 Å². The van der Waals surface area contributed by atoms with Crippen LogP contribution in [0.2, 0.25) is 5.02 Å². The lowest BCUT2D eigenvalue weighted by Crippen LogP contribution is -2.18. The Hall–Kier alpha value is -1.84. The third-order valence-electron chi connectivity index (χ3n) is 3.57. The van der Waals surface area contributed by atoms with Crippen LogP contribution >= 0.6 is 11.6 Å². The van der Waals surface area contributed by atoms with Crippen molar-refractivity contribution < 1.29 is 4.79 Å². The summed E-state index contributed by atoms with van der Waals surface area (Å²) in [5, 5.41) is 7.08. The van der Waals surface area contributed by atoms with Gasteiger partial charge in [-0.3, -0.25) is 4.79 Å². The Morgan fingerprint density at radius 3 is 2.45 bits per heavy atom. The molecule has 0 radical (unpaired) electrons. The minimum atomic E-state index is 0.0256. The molecule has 2 aromatic carbocycles. The lowest BCUT2D eigenvalue weighted by molar-refractivity contribution is -0.115. The van der Waals surface area contributed by atoms with Crippen molar-refractivity contribution in [1.29, 1.82) is 0 Å². The fourth-order valence-electron chi connectivity index (χ4n) is 2.13. The molecular weight excluding hydrogens is 296 g/mol. The van der Waals surface area contributed by atoms with Crippen LogP contribution in [0.5, 0.6) is 0 Å². The third-order valence-corrected chi connectivity index (χ3v) is 3.94. The van der Waals surface area contributed by atoms with Crippen LogP contribution in [-0.4, -0.2) is 5.91 Å². The van der Waals surface area contributed by atoms with Crippen LogP contribution < -0.4 is 10.6 Å². The molecule has 22 heavy (non-hydrogen) atoms. The zero-order chi connectivity index (χ0) is 15.9. The number of amides is 1. The van der Waals surface area contributed by atoms with E-state index in [1.54, 1.807) is 0 Å². The standard InChI is InChI=1S/C18H21ClN2O/c1-3-18(22)21-16-10-8-14(9-11-16)13(2)20-12-15-6-4-5-7-17(15)19/h4-11,13,20H,3,12H2,1-2H3,(H,21,22)/t13-/m1/s1. The van der Waals surface area contributed by atoms with E-state index in [9.17, 15) is 4.79 Å². The maximum atomic E-state index is 11.4. The van der Waals surface area contributed by atoms with Crippen LogP contribution in [0.15, 0.2) is 48.5 Å². The van der Waals surface area contributed by atoms with E-state index in [1.807, 2.05) is 55.5 Å². The molecule has 0 aliphatic heterocycles. The number of halogens is 1. The molecular formula is C18H21ClN2O. The number of carbonyl (C=O) groups excluding carboxylic acids is 1. The summed E-state index contributed by atoms with van der Waals surface area (Å²) in [6.45, 7) is 4.66. The van der Waals surface area contributed by atoms with Gasteiger partial charge < -0.3 is 10.6 Å². The molecule has 2 N–H and O–H groups in total. The van der Waals surface area contributed by atoms with Crippen LogP contribution in [0, 0.1) is 0 Å². The predicted molar refractivity (Wildman–Crippen MR) is 92.1 cm³/mol. The number of hydrogen-bond acceptors (Lipinski definition) is 2. The molecule has 1 atom stereocenters. The van der Waals surface area contributed by atoms with Crippen molar-refractivity contribution in [2.75, 3.05) is 5.32 Å². The lowest BCUT2D eigenvalue weighted by atomic mass is 10.1. The SMILES string of the molecule is CCC(=O)Nc1ccc([C@@H](C)NCc2ccccc2Cl)cc1. The molecule has 0 unspecified atom stereocenters. The molecule has 0 saturated heterocycles. The smallest absolute Gasteiger partial charge is 0.224 e. The minimum absolute atomic E-state index is 0.0256. The van der Waals surface area contributed by atoms with Crippen molar-refractivity contribution in [3.8, 4) is 0 Å². The summed E-state index contributed by atoms with van der Waals surface area (Å²) in [7, 11) is 0. The normalized spacial score (nSPS) is 12.0. The van der Waals surface area contributed by atoms with Gasteiger partial charge in [-0.1, -0.05) is 48.9 Å². The highest BCUT2D eigenvalue weighted by Gasteiger charge is 2.07. The van der Waals surface area contributed by atoms with Crippen LogP contribution in [0.25, 0.3) is 0 Å². The van der Waals surface area contributed by atoms with E-state index in [4.69, 9.17) is 11.6 Å². The van der Waals surface area contributed by atoms with Gasteiger partial charge in [0.1, 0.15) is 0 Å². The highest BCUT2D eigenvalue weighted by Crippen LogP contribution is 2.19. The van der Waals surface area contributed by atoms with E-state index in [0.29, 0.717) is 6.42 Å². The first-order chi connectivity index (χ1) is 10.6. The van der Waals surface area contributed by atoms with Gasteiger partial charge in [0.15, 0.2) is 0 Å². The zero-order valence-electron chi connectivity index (χ0n) is 12.9. The molecule has 1 amide bonds. The maximum Gasteiger partial charge on any atom is 0.224 e. The van der Waals surface area contributed by atoms with Crippen LogP contribution in [-0.2, 0) is 11.3 Å². The molecule has 0 aromatic heterocycles. The van der Waals surface area contributed by atoms with E-state index >= 15 is 0 Å². The molecule has 0 fully saturated rings. The molecule has 0 spiro atoms. The van der Waals surface area contributed by atoms with Gasteiger partial charge in [-0.05, 0) is 36.2 Å². The maximum absolute atomic E-state index is 11.4. The molecule has 0 bridgehead atoms.